The van der Waals surface area contributed by atoms with Gasteiger partial charge in [0.2, 0.25) is 0 Å². The molecular formula is C15H23N3O. The van der Waals surface area contributed by atoms with Crippen molar-refractivity contribution in [3.63, 3.8) is 0 Å². The number of aromatic nitrogens is 1. The van der Waals surface area contributed by atoms with E-state index < -0.39 is 0 Å². The molecule has 3 aliphatic rings. The first-order valence-corrected chi connectivity index (χ1v) is 7.84. The lowest BCUT2D eigenvalue weighted by Gasteiger charge is -2.30. The van der Waals surface area contributed by atoms with Crippen LogP contribution in [-0.2, 0) is 6.54 Å². The Morgan fingerprint density at radius 2 is 2.11 bits per heavy atom. The van der Waals surface area contributed by atoms with E-state index >= 15 is 0 Å². The highest BCUT2D eigenvalue weighted by atomic mass is 16.4. The van der Waals surface area contributed by atoms with E-state index in [1.165, 1.54) is 44.9 Å². The number of rotatable bonds is 4. The van der Waals surface area contributed by atoms with Crippen LogP contribution >= 0.6 is 0 Å². The summed E-state index contributed by atoms with van der Waals surface area (Å²) in [6.07, 6.45) is 11.3. The van der Waals surface area contributed by atoms with Crippen molar-refractivity contribution in [3.8, 4) is 0 Å². The average Bonchev–Trinajstić information content (AvgIpc) is 3.00. The van der Waals surface area contributed by atoms with E-state index in [4.69, 9.17) is 4.42 Å². The Hall–Kier alpha value is -1.03. The zero-order chi connectivity index (χ0) is 12.7. The van der Waals surface area contributed by atoms with Crippen LogP contribution in [0.4, 0.5) is 6.01 Å². The van der Waals surface area contributed by atoms with Gasteiger partial charge in [-0.2, -0.15) is 4.98 Å². The number of nitrogens with one attached hydrogen (secondary N) is 1. The summed E-state index contributed by atoms with van der Waals surface area (Å²) in [5, 5.41) is 3.49. The summed E-state index contributed by atoms with van der Waals surface area (Å²) in [5.41, 5.74) is 1.06. The fraction of sp³-hybridized carbons (Fsp3) is 0.800. The average molecular weight is 261 g/mol. The van der Waals surface area contributed by atoms with Crippen molar-refractivity contribution in [1.29, 1.82) is 0 Å². The van der Waals surface area contributed by atoms with Crippen LogP contribution in [0.1, 0.15) is 50.6 Å². The molecule has 4 rings (SSSR count). The molecule has 4 heteroatoms. The van der Waals surface area contributed by atoms with E-state index in [9.17, 15) is 0 Å². The second-order valence-corrected chi connectivity index (χ2v) is 6.37. The van der Waals surface area contributed by atoms with Crippen molar-refractivity contribution in [2.75, 3.05) is 11.4 Å². The van der Waals surface area contributed by atoms with Crippen molar-refractivity contribution in [3.05, 3.63) is 12.0 Å². The summed E-state index contributed by atoms with van der Waals surface area (Å²) >= 11 is 0. The standard InChI is InChI=1S/C15H23N3O/c1-2-4-14-11(3-1)7-8-18(14)15-17-13(10-19-15)9-16-12-5-6-12/h10-12,14,16H,1-9H2. The number of oxazole rings is 1. The van der Waals surface area contributed by atoms with Gasteiger partial charge >= 0.3 is 0 Å². The van der Waals surface area contributed by atoms with Gasteiger partial charge in [0.1, 0.15) is 6.26 Å². The maximum atomic E-state index is 5.73. The molecule has 1 aromatic rings. The summed E-state index contributed by atoms with van der Waals surface area (Å²) in [5.74, 6) is 0.883. The molecule has 104 valence electrons. The zero-order valence-electron chi connectivity index (χ0n) is 11.5. The van der Waals surface area contributed by atoms with Gasteiger partial charge in [-0.25, -0.2) is 0 Å². The highest BCUT2D eigenvalue weighted by Gasteiger charge is 2.37. The van der Waals surface area contributed by atoms with E-state index in [0.29, 0.717) is 6.04 Å². The van der Waals surface area contributed by atoms with Crippen LogP contribution in [0.2, 0.25) is 0 Å². The van der Waals surface area contributed by atoms with Gasteiger partial charge in [0.05, 0.1) is 5.69 Å². The second kappa shape index (κ2) is 4.82. The molecule has 1 N–H and O–H groups in total. The number of fused-ring (bicyclic) bond motifs is 1. The first-order chi connectivity index (χ1) is 9.40. The van der Waals surface area contributed by atoms with Gasteiger partial charge in [-0.05, 0) is 38.0 Å². The van der Waals surface area contributed by atoms with Crippen molar-refractivity contribution < 1.29 is 4.42 Å². The molecule has 3 fully saturated rings. The third-order valence-electron chi connectivity index (χ3n) is 4.94. The number of anilines is 1. The smallest absolute Gasteiger partial charge is 0.297 e. The van der Waals surface area contributed by atoms with Gasteiger partial charge in [-0.15, -0.1) is 0 Å². The molecule has 0 radical (unpaired) electrons. The van der Waals surface area contributed by atoms with Crippen LogP contribution < -0.4 is 10.2 Å². The van der Waals surface area contributed by atoms with Crippen LogP contribution in [0.25, 0.3) is 0 Å². The Kier molecular flexibility index (Phi) is 2.98. The lowest BCUT2D eigenvalue weighted by atomic mass is 9.85. The highest BCUT2D eigenvalue weighted by Crippen LogP contribution is 2.38. The monoisotopic (exact) mass is 261 g/mol. The third kappa shape index (κ3) is 2.38. The maximum absolute atomic E-state index is 5.73. The van der Waals surface area contributed by atoms with Gasteiger partial charge in [0.25, 0.3) is 6.01 Å². The molecule has 1 aliphatic heterocycles. The highest BCUT2D eigenvalue weighted by molar-refractivity contribution is 5.32. The van der Waals surface area contributed by atoms with E-state index in [-0.39, 0.29) is 0 Å². The molecule has 1 aromatic heterocycles. The van der Waals surface area contributed by atoms with Crippen LogP contribution in [-0.4, -0.2) is 23.6 Å². The molecule has 2 heterocycles. The van der Waals surface area contributed by atoms with E-state index in [1.54, 1.807) is 0 Å². The van der Waals surface area contributed by atoms with Gasteiger partial charge in [0, 0.05) is 25.2 Å². The molecular weight excluding hydrogens is 238 g/mol. The lowest BCUT2D eigenvalue weighted by Crippen LogP contribution is -2.34. The quantitative estimate of drug-likeness (QED) is 0.904. The molecule has 0 spiro atoms. The summed E-state index contributed by atoms with van der Waals surface area (Å²) in [4.78, 5) is 7.10. The topological polar surface area (TPSA) is 41.3 Å². The second-order valence-electron chi connectivity index (χ2n) is 6.37. The number of hydrogen-bond acceptors (Lipinski definition) is 4. The van der Waals surface area contributed by atoms with Crippen LogP contribution in [0, 0.1) is 5.92 Å². The van der Waals surface area contributed by atoms with Crippen LogP contribution in [0.5, 0.6) is 0 Å². The van der Waals surface area contributed by atoms with Crippen molar-refractivity contribution in [1.82, 2.24) is 10.3 Å². The first kappa shape index (κ1) is 11.8. The summed E-state index contributed by atoms with van der Waals surface area (Å²) in [7, 11) is 0. The van der Waals surface area contributed by atoms with Crippen molar-refractivity contribution in [2.24, 2.45) is 5.92 Å². The van der Waals surface area contributed by atoms with Gasteiger partial charge in [0.15, 0.2) is 0 Å². The minimum Gasteiger partial charge on any atom is -0.432 e. The van der Waals surface area contributed by atoms with Crippen LogP contribution in [0.3, 0.4) is 0 Å². The Morgan fingerprint density at radius 3 is 3.00 bits per heavy atom. The zero-order valence-corrected chi connectivity index (χ0v) is 11.5. The van der Waals surface area contributed by atoms with Crippen molar-refractivity contribution >= 4 is 6.01 Å². The fourth-order valence-electron chi connectivity index (χ4n) is 3.69. The van der Waals surface area contributed by atoms with E-state index in [1.807, 2.05) is 6.26 Å². The lowest BCUT2D eigenvalue weighted by molar-refractivity contribution is 0.335. The number of hydrogen-bond donors (Lipinski definition) is 1. The molecule has 4 nitrogen and oxygen atoms in total. The molecule has 0 bridgehead atoms. The third-order valence-corrected chi connectivity index (χ3v) is 4.94. The van der Waals surface area contributed by atoms with Gasteiger partial charge in [-0.3, -0.25) is 0 Å². The summed E-state index contributed by atoms with van der Waals surface area (Å²) in [6.45, 7) is 1.99. The Balaban J connectivity index is 1.43. The predicted octanol–water partition coefficient (Wildman–Crippen LogP) is 2.70. The van der Waals surface area contributed by atoms with E-state index in [0.717, 1.165) is 36.8 Å². The minimum atomic E-state index is 0.691. The predicted molar refractivity (Wildman–Crippen MR) is 74.1 cm³/mol. The molecule has 2 atom stereocenters. The minimum absolute atomic E-state index is 0.691. The maximum Gasteiger partial charge on any atom is 0.297 e. The van der Waals surface area contributed by atoms with E-state index in [2.05, 4.69) is 15.2 Å². The SMILES string of the molecule is c1oc(N2CCC3CCCCC32)nc1CNC1CC1. The Bertz CT molecular complexity index is 440. The molecule has 2 aliphatic carbocycles. The molecule has 2 unspecified atom stereocenters. The summed E-state index contributed by atoms with van der Waals surface area (Å²) < 4.78 is 5.73. The fourth-order valence-corrected chi connectivity index (χ4v) is 3.69. The molecule has 0 aromatic carbocycles. The molecule has 2 saturated carbocycles. The Labute approximate surface area is 114 Å². The summed E-state index contributed by atoms with van der Waals surface area (Å²) in [6, 6.07) is 2.29. The number of nitrogens with zero attached hydrogens (tertiary/aromatic N) is 2. The van der Waals surface area contributed by atoms with Gasteiger partial charge in [-0.1, -0.05) is 12.8 Å². The largest absolute Gasteiger partial charge is 0.432 e. The molecule has 19 heavy (non-hydrogen) atoms. The van der Waals surface area contributed by atoms with Gasteiger partial charge < -0.3 is 14.6 Å². The van der Waals surface area contributed by atoms with Crippen molar-refractivity contribution in [2.45, 2.75) is 63.6 Å². The Morgan fingerprint density at radius 1 is 1.21 bits per heavy atom. The molecule has 0 amide bonds. The first-order valence-electron chi connectivity index (χ1n) is 7.84. The van der Waals surface area contributed by atoms with Crippen LogP contribution in [0.15, 0.2) is 10.7 Å². The normalized spacial score (nSPS) is 30.6. The molecule has 1 saturated heterocycles.